The summed E-state index contributed by atoms with van der Waals surface area (Å²) < 4.78 is 70.2. The second kappa shape index (κ2) is 43.5. The lowest BCUT2D eigenvalue weighted by Gasteiger charge is -2.09. The number of nitrogens with zero attached hydrogens (tertiary/aromatic N) is 2. The molecule has 0 aliphatic rings. The third-order valence-corrected chi connectivity index (χ3v) is 7.90. The largest absolute Gasteiger partial charge is 0.463 e. The Morgan fingerprint density at radius 3 is 0.785 bits per heavy atom. The van der Waals surface area contributed by atoms with Gasteiger partial charge in [0.05, 0.1) is 158 Å². The van der Waals surface area contributed by atoms with Gasteiger partial charge in [-0.25, -0.2) is 10.9 Å². The molecule has 2 rings (SSSR count). The zero-order chi connectivity index (χ0) is 46.4. The molecule has 23 heteroatoms. The van der Waals surface area contributed by atoms with E-state index in [4.69, 9.17) is 61.6 Å². The lowest BCUT2D eigenvalue weighted by Crippen LogP contribution is -2.38. The number of pyridine rings is 2. The Balaban J connectivity index is 1.14. The maximum atomic E-state index is 11.9. The quantitative estimate of drug-likeness (QED) is 0.0377. The van der Waals surface area contributed by atoms with Crippen molar-refractivity contribution < 1.29 is 80.8 Å². The van der Waals surface area contributed by atoms with E-state index in [0.29, 0.717) is 143 Å². The summed E-state index contributed by atoms with van der Waals surface area (Å²) in [6, 6.07) is 6.33. The van der Waals surface area contributed by atoms with Crippen LogP contribution in [0.15, 0.2) is 49.1 Å². The number of ether oxygens (including phenoxy) is 13. The number of aromatic nitrogens is 2. The number of hydrogen-bond acceptors (Lipinski definition) is 21. The summed E-state index contributed by atoms with van der Waals surface area (Å²) in [5.41, 5.74) is 11.3. The predicted molar refractivity (Wildman–Crippen MR) is 230 cm³/mol. The van der Waals surface area contributed by atoms with Crippen LogP contribution in [-0.4, -0.2) is 205 Å². The number of amides is 2. The van der Waals surface area contributed by atoms with Gasteiger partial charge < -0.3 is 61.6 Å². The third-order valence-electron chi connectivity index (χ3n) is 7.90. The highest BCUT2D eigenvalue weighted by Crippen LogP contribution is 1.96. The zero-order valence-electron chi connectivity index (χ0n) is 37.3. The van der Waals surface area contributed by atoms with Gasteiger partial charge >= 0.3 is 11.9 Å². The number of esters is 2. The molecule has 23 nitrogen and oxygen atoms in total. The summed E-state index contributed by atoms with van der Waals surface area (Å²) in [4.78, 5) is 55.0. The van der Waals surface area contributed by atoms with Crippen LogP contribution in [0.1, 0.15) is 33.6 Å². The van der Waals surface area contributed by atoms with Gasteiger partial charge in [-0.05, 0) is 24.3 Å². The van der Waals surface area contributed by atoms with Gasteiger partial charge in [-0.2, -0.15) is 0 Å². The molecule has 65 heavy (non-hydrogen) atoms. The van der Waals surface area contributed by atoms with E-state index in [2.05, 4.69) is 31.7 Å². The van der Waals surface area contributed by atoms with E-state index in [-0.39, 0.29) is 64.2 Å². The van der Waals surface area contributed by atoms with Gasteiger partial charge in [-0.3, -0.25) is 40.0 Å². The monoisotopic (exact) mass is 928 g/mol. The summed E-state index contributed by atoms with van der Waals surface area (Å²) >= 11 is 0. The minimum absolute atomic E-state index is 0.0972. The Bertz CT molecular complexity index is 1340. The number of hydrazine groups is 2. The average molecular weight is 929 g/mol. The topological polar surface area (TPSA) is 262 Å². The van der Waals surface area contributed by atoms with E-state index in [1.165, 1.54) is 24.8 Å². The van der Waals surface area contributed by atoms with Crippen molar-refractivity contribution in [3.05, 3.63) is 60.2 Å². The first-order valence-electron chi connectivity index (χ1n) is 21.6. The van der Waals surface area contributed by atoms with Gasteiger partial charge in [0.1, 0.15) is 13.2 Å². The molecule has 0 bridgehead atoms. The fourth-order valence-electron chi connectivity index (χ4n) is 4.64. The summed E-state index contributed by atoms with van der Waals surface area (Å²) in [7, 11) is 0. The van der Waals surface area contributed by atoms with Crippen LogP contribution in [0.25, 0.3) is 0 Å². The fraction of sp³-hybridized carbons (Fsp3) is 0.667. The van der Waals surface area contributed by atoms with E-state index < -0.39 is 11.9 Å². The van der Waals surface area contributed by atoms with Crippen LogP contribution in [0, 0.1) is 0 Å². The normalized spacial score (nSPS) is 11.1. The molecule has 0 saturated carbocycles. The first-order valence-corrected chi connectivity index (χ1v) is 21.6. The van der Waals surface area contributed by atoms with Crippen LogP contribution >= 0.6 is 0 Å². The molecule has 2 amide bonds. The highest BCUT2D eigenvalue weighted by molar-refractivity contribution is 5.94. The molecule has 2 aromatic rings. The third kappa shape index (κ3) is 36.6. The maximum absolute atomic E-state index is 11.9. The van der Waals surface area contributed by atoms with Crippen molar-refractivity contribution in [3.8, 4) is 0 Å². The first kappa shape index (κ1) is 56.8. The molecule has 4 N–H and O–H groups in total. The molecule has 0 radical (unpaired) electrons. The summed E-state index contributed by atoms with van der Waals surface area (Å²) in [5.74, 6) is -1.44. The first-order chi connectivity index (χ1) is 32.1. The van der Waals surface area contributed by atoms with Crippen molar-refractivity contribution in [3.63, 3.8) is 0 Å². The molecule has 0 spiro atoms. The van der Waals surface area contributed by atoms with Crippen LogP contribution in [0.4, 0.5) is 0 Å². The summed E-state index contributed by atoms with van der Waals surface area (Å²) in [5, 5.41) is 0. The van der Waals surface area contributed by atoms with Crippen LogP contribution in [0.5, 0.6) is 0 Å². The van der Waals surface area contributed by atoms with Crippen LogP contribution in [0.3, 0.4) is 0 Å². The Hall–Kier alpha value is -4.34. The van der Waals surface area contributed by atoms with Crippen LogP contribution < -0.4 is 21.7 Å². The molecule has 2 heterocycles. The lowest BCUT2D eigenvalue weighted by molar-refractivity contribution is -0.146. The van der Waals surface area contributed by atoms with E-state index in [1.54, 1.807) is 24.3 Å². The predicted octanol–water partition coefficient (Wildman–Crippen LogP) is -0.305. The molecular formula is C42H68N6O17. The number of nitrogens with one attached hydrogen (secondary N) is 4. The van der Waals surface area contributed by atoms with Gasteiger partial charge in [-0.1, -0.05) is 0 Å². The summed E-state index contributed by atoms with van der Waals surface area (Å²) in [6.07, 6.45) is 6.28. The minimum atomic E-state index is -0.401. The molecule has 0 unspecified atom stereocenters. The van der Waals surface area contributed by atoms with E-state index in [1.807, 2.05) is 0 Å². The van der Waals surface area contributed by atoms with Crippen LogP contribution in [-0.2, 0) is 71.2 Å². The zero-order valence-corrected chi connectivity index (χ0v) is 37.3. The average Bonchev–Trinajstić information content (AvgIpc) is 3.33. The molecule has 0 aliphatic carbocycles. The Morgan fingerprint density at radius 1 is 0.338 bits per heavy atom. The van der Waals surface area contributed by atoms with E-state index >= 15 is 0 Å². The number of carbonyl (C=O) groups is 4. The number of rotatable bonds is 46. The molecule has 368 valence electrons. The molecule has 0 aromatic carbocycles. The molecule has 0 atom stereocenters. The van der Waals surface area contributed by atoms with Gasteiger partial charge in [-0.15, -0.1) is 0 Å². The highest BCUT2D eigenvalue weighted by atomic mass is 16.6. The van der Waals surface area contributed by atoms with Crippen LogP contribution in [0.2, 0.25) is 0 Å². The molecular weight excluding hydrogens is 860 g/mol. The van der Waals surface area contributed by atoms with Gasteiger partial charge in [0, 0.05) is 49.0 Å². The van der Waals surface area contributed by atoms with Gasteiger partial charge in [0.25, 0.3) is 11.8 Å². The molecule has 0 aliphatic heterocycles. The van der Waals surface area contributed by atoms with E-state index in [0.717, 1.165) is 0 Å². The smallest absolute Gasteiger partial charge is 0.307 e. The SMILES string of the molecule is O=C(CCNNC(=O)c1ccncc1)OCCOCCOCCOCCOCCOCCOCCOCCOCCOCCOCCOCCOC(=O)CCNNC(=O)c1ccncc1. The second-order valence-electron chi connectivity index (χ2n) is 12.9. The molecule has 0 saturated heterocycles. The highest BCUT2D eigenvalue weighted by Gasteiger charge is 2.08. The van der Waals surface area contributed by atoms with Crippen molar-refractivity contribution in [2.45, 2.75) is 12.8 Å². The number of carbonyl (C=O) groups excluding carboxylic acids is 4. The Labute approximate surface area is 380 Å². The van der Waals surface area contributed by atoms with Crippen molar-refractivity contribution in [1.29, 1.82) is 0 Å². The van der Waals surface area contributed by atoms with Crippen molar-refractivity contribution >= 4 is 23.8 Å². The minimum Gasteiger partial charge on any atom is -0.463 e. The van der Waals surface area contributed by atoms with Gasteiger partial charge in [0.15, 0.2) is 0 Å². The lowest BCUT2D eigenvalue weighted by atomic mass is 10.3. The Morgan fingerprint density at radius 2 is 0.554 bits per heavy atom. The van der Waals surface area contributed by atoms with E-state index in [9.17, 15) is 19.2 Å². The standard InChI is InChI=1S/C42H68N6O17/c49-39(5-11-45-47-41(51)37-1-7-43-8-2-37)64-35-33-62-31-29-60-27-25-58-23-21-56-19-17-54-15-13-53-14-16-55-18-20-57-22-24-59-26-28-61-30-32-63-34-36-65-40(50)6-12-46-48-42(52)38-3-9-44-10-4-38/h1-4,7-10,45-46H,5-6,11-36H2,(H,47,51)(H,48,52). The van der Waals surface area contributed by atoms with Crippen molar-refractivity contribution in [1.82, 2.24) is 31.7 Å². The Kier molecular flexibility index (Phi) is 38.0. The van der Waals surface area contributed by atoms with Gasteiger partial charge in [0.2, 0.25) is 0 Å². The van der Waals surface area contributed by atoms with Crippen molar-refractivity contribution in [2.75, 3.05) is 172 Å². The number of hydrogen-bond donors (Lipinski definition) is 4. The fourth-order valence-corrected chi connectivity index (χ4v) is 4.64. The second-order valence-corrected chi connectivity index (χ2v) is 12.9. The molecule has 2 aromatic heterocycles. The maximum Gasteiger partial charge on any atom is 0.307 e. The van der Waals surface area contributed by atoms with Crippen molar-refractivity contribution in [2.24, 2.45) is 0 Å². The molecule has 0 fully saturated rings. The summed E-state index contributed by atoms with van der Waals surface area (Å²) in [6.45, 7) is 9.90.